The summed E-state index contributed by atoms with van der Waals surface area (Å²) in [7, 11) is 1.83. The van der Waals surface area contributed by atoms with Gasteiger partial charge >= 0.3 is 0 Å². The summed E-state index contributed by atoms with van der Waals surface area (Å²) >= 11 is 0. The largest absolute Gasteiger partial charge is 0.271 e. The molecule has 6 heteroatoms. The van der Waals surface area contributed by atoms with Crippen LogP contribution in [0, 0.1) is 5.82 Å². The zero-order chi connectivity index (χ0) is 14.8. The number of hydrazine groups is 1. The van der Waals surface area contributed by atoms with E-state index in [-0.39, 0.29) is 11.9 Å². The number of rotatable bonds is 4. The fourth-order valence-corrected chi connectivity index (χ4v) is 2.54. The van der Waals surface area contributed by atoms with Gasteiger partial charge in [-0.1, -0.05) is 30.3 Å². The lowest BCUT2D eigenvalue weighted by Gasteiger charge is -2.18. The lowest BCUT2D eigenvalue weighted by molar-refractivity contribution is 0.525. The molecule has 0 saturated heterocycles. The number of nitrogens with zero attached hydrogens (tertiary/aromatic N) is 3. The Morgan fingerprint density at radius 2 is 2.00 bits per heavy atom. The van der Waals surface area contributed by atoms with Gasteiger partial charge in [0.1, 0.15) is 18.0 Å². The molecule has 0 aliphatic carbocycles. The van der Waals surface area contributed by atoms with Crippen LogP contribution >= 0.6 is 0 Å². The Hall–Kier alpha value is -2.31. The van der Waals surface area contributed by atoms with Crippen molar-refractivity contribution < 1.29 is 4.39 Å². The van der Waals surface area contributed by atoms with Gasteiger partial charge in [0.25, 0.3) is 0 Å². The molecule has 5 nitrogen and oxygen atoms in total. The molecular formula is C15H16FN5. The monoisotopic (exact) mass is 285 g/mol. The lowest BCUT2D eigenvalue weighted by Crippen LogP contribution is -2.30. The highest BCUT2D eigenvalue weighted by Crippen LogP contribution is 2.27. The quantitative estimate of drug-likeness (QED) is 0.567. The fraction of sp³-hybridized carbons (Fsp3) is 0.200. The average Bonchev–Trinajstić information content (AvgIpc) is 2.91. The predicted molar refractivity (Wildman–Crippen MR) is 78.7 cm³/mol. The molecule has 1 unspecified atom stereocenters. The minimum atomic E-state index is -0.233. The van der Waals surface area contributed by atoms with Crippen LogP contribution in [-0.4, -0.2) is 14.8 Å². The van der Waals surface area contributed by atoms with Gasteiger partial charge in [-0.05, 0) is 17.0 Å². The van der Waals surface area contributed by atoms with Gasteiger partial charge in [-0.25, -0.2) is 9.37 Å². The molecule has 0 aliphatic heterocycles. The lowest BCUT2D eigenvalue weighted by atomic mass is 9.96. The van der Waals surface area contributed by atoms with Crippen LogP contribution in [0.4, 0.5) is 4.39 Å². The van der Waals surface area contributed by atoms with E-state index >= 15 is 0 Å². The van der Waals surface area contributed by atoms with Crippen molar-refractivity contribution in [1.82, 2.24) is 20.2 Å². The van der Waals surface area contributed by atoms with Crippen molar-refractivity contribution >= 4 is 10.8 Å². The molecule has 1 atom stereocenters. The Balaban J connectivity index is 2.05. The van der Waals surface area contributed by atoms with E-state index < -0.39 is 0 Å². The van der Waals surface area contributed by atoms with Crippen molar-refractivity contribution in [3.63, 3.8) is 0 Å². The van der Waals surface area contributed by atoms with E-state index in [1.54, 1.807) is 16.8 Å². The number of benzene rings is 2. The maximum atomic E-state index is 13.9. The van der Waals surface area contributed by atoms with E-state index in [4.69, 9.17) is 5.84 Å². The second kappa shape index (κ2) is 5.59. The van der Waals surface area contributed by atoms with Crippen LogP contribution in [0.1, 0.15) is 17.4 Å². The van der Waals surface area contributed by atoms with Crippen LogP contribution in [0.2, 0.25) is 0 Å². The van der Waals surface area contributed by atoms with Crippen molar-refractivity contribution in [3.05, 3.63) is 59.9 Å². The number of fused-ring (bicyclic) bond motifs is 1. The summed E-state index contributed by atoms with van der Waals surface area (Å²) in [4.78, 5) is 4.21. The number of nitrogens with one attached hydrogen (secondary N) is 1. The van der Waals surface area contributed by atoms with Crippen molar-refractivity contribution in [2.45, 2.75) is 12.5 Å². The molecular weight excluding hydrogens is 269 g/mol. The van der Waals surface area contributed by atoms with Crippen molar-refractivity contribution in [2.24, 2.45) is 12.9 Å². The van der Waals surface area contributed by atoms with Crippen molar-refractivity contribution in [2.75, 3.05) is 0 Å². The summed E-state index contributed by atoms with van der Waals surface area (Å²) in [5.41, 5.74) is 3.73. The van der Waals surface area contributed by atoms with E-state index in [1.807, 2.05) is 25.2 Å². The molecule has 0 radical (unpaired) electrons. The molecule has 0 fully saturated rings. The summed E-state index contributed by atoms with van der Waals surface area (Å²) in [6, 6.07) is 10.4. The first-order chi connectivity index (χ1) is 10.2. The molecule has 108 valence electrons. The first kappa shape index (κ1) is 13.7. The van der Waals surface area contributed by atoms with Crippen molar-refractivity contribution in [3.8, 4) is 0 Å². The van der Waals surface area contributed by atoms with Gasteiger partial charge < -0.3 is 0 Å². The van der Waals surface area contributed by atoms with Gasteiger partial charge in [0, 0.05) is 18.9 Å². The minimum Gasteiger partial charge on any atom is -0.271 e. The van der Waals surface area contributed by atoms with Crippen LogP contribution in [0.15, 0.2) is 42.7 Å². The summed E-state index contributed by atoms with van der Waals surface area (Å²) < 4.78 is 15.6. The molecule has 3 rings (SSSR count). The van der Waals surface area contributed by atoms with E-state index in [0.717, 1.165) is 16.8 Å². The van der Waals surface area contributed by atoms with Crippen LogP contribution in [-0.2, 0) is 13.5 Å². The van der Waals surface area contributed by atoms with Crippen LogP contribution in [0.3, 0.4) is 0 Å². The van der Waals surface area contributed by atoms with Gasteiger partial charge in [-0.2, -0.15) is 5.10 Å². The van der Waals surface area contributed by atoms with Crippen LogP contribution in [0.25, 0.3) is 10.8 Å². The number of hydrogen-bond donors (Lipinski definition) is 2. The van der Waals surface area contributed by atoms with Gasteiger partial charge in [-0.3, -0.25) is 16.0 Å². The topological polar surface area (TPSA) is 68.8 Å². The Labute approximate surface area is 121 Å². The first-order valence-electron chi connectivity index (χ1n) is 6.67. The third-order valence-electron chi connectivity index (χ3n) is 3.67. The Morgan fingerprint density at radius 3 is 2.67 bits per heavy atom. The number of halogens is 1. The smallest absolute Gasteiger partial charge is 0.138 e. The minimum absolute atomic E-state index is 0.168. The highest BCUT2D eigenvalue weighted by atomic mass is 19.1. The van der Waals surface area contributed by atoms with E-state index in [0.29, 0.717) is 11.8 Å². The molecule has 3 aromatic rings. The molecule has 0 bridgehead atoms. The maximum absolute atomic E-state index is 13.9. The molecule has 21 heavy (non-hydrogen) atoms. The molecule has 0 aliphatic rings. The Morgan fingerprint density at radius 1 is 1.24 bits per heavy atom. The number of aromatic nitrogens is 3. The zero-order valence-corrected chi connectivity index (χ0v) is 11.6. The maximum Gasteiger partial charge on any atom is 0.138 e. The van der Waals surface area contributed by atoms with Gasteiger partial charge in [0.15, 0.2) is 0 Å². The molecule has 3 N–H and O–H groups in total. The third kappa shape index (κ3) is 2.51. The summed E-state index contributed by atoms with van der Waals surface area (Å²) in [6.45, 7) is 0. The standard InChI is InChI=1S/C15H16FN5/c1-21-15(18-9-19-21)8-14(20-17)12-6-7-13(16)11-5-3-2-4-10(11)12/h2-7,9,14,20H,8,17H2,1H3. The summed E-state index contributed by atoms with van der Waals surface area (Å²) in [5, 5.41) is 5.49. The van der Waals surface area contributed by atoms with Gasteiger partial charge in [0.2, 0.25) is 0 Å². The molecule has 0 saturated carbocycles. The first-order valence-corrected chi connectivity index (χ1v) is 6.67. The van der Waals surface area contributed by atoms with Gasteiger partial charge in [-0.15, -0.1) is 0 Å². The van der Waals surface area contributed by atoms with Crippen molar-refractivity contribution in [1.29, 1.82) is 0 Å². The van der Waals surface area contributed by atoms with E-state index in [2.05, 4.69) is 15.5 Å². The molecule has 0 spiro atoms. The second-order valence-electron chi connectivity index (χ2n) is 4.91. The Bertz CT molecular complexity index is 768. The van der Waals surface area contributed by atoms with E-state index in [1.165, 1.54) is 12.4 Å². The fourth-order valence-electron chi connectivity index (χ4n) is 2.54. The van der Waals surface area contributed by atoms with Gasteiger partial charge in [0.05, 0.1) is 6.04 Å². The van der Waals surface area contributed by atoms with Crippen LogP contribution < -0.4 is 11.3 Å². The van der Waals surface area contributed by atoms with E-state index in [9.17, 15) is 4.39 Å². The second-order valence-corrected chi connectivity index (χ2v) is 4.91. The number of nitrogens with two attached hydrogens (primary N) is 1. The molecule has 1 aromatic heterocycles. The molecule has 1 heterocycles. The highest BCUT2D eigenvalue weighted by molar-refractivity contribution is 5.86. The normalized spacial score (nSPS) is 12.7. The summed E-state index contributed by atoms with van der Waals surface area (Å²) in [5.74, 6) is 6.28. The average molecular weight is 285 g/mol. The van der Waals surface area contributed by atoms with Crippen LogP contribution in [0.5, 0.6) is 0 Å². The zero-order valence-electron chi connectivity index (χ0n) is 11.6. The highest BCUT2D eigenvalue weighted by Gasteiger charge is 2.17. The number of aryl methyl sites for hydroxylation is 1. The Kier molecular flexibility index (Phi) is 3.64. The predicted octanol–water partition coefficient (Wildman–Crippen LogP) is 1.85. The molecule has 0 amide bonds. The number of hydrogen-bond acceptors (Lipinski definition) is 4. The molecule has 2 aromatic carbocycles. The SMILES string of the molecule is Cn1ncnc1CC(NN)c1ccc(F)c2ccccc12. The summed E-state index contributed by atoms with van der Waals surface area (Å²) in [6.07, 6.45) is 2.08. The third-order valence-corrected chi connectivity index (χ3v) is 3.67.